The number of halogens is 3. The highest BCUT2D eigenvalue weighted by Gasteiger charge is 2.30. The van der Waals surface area contributed by atoms with Gasteiger partial charge in [-0.3, -0.25) is 4.79 Å². The summed E-state index contributed by atoms with van der Waals surface area (Å²) in [5.74, 6) is 6.33. The Morgan fingerprint density at radius 1 is 1.08 bits per heavy atom. The van der Waals surface area contributed by atoms with Crippen molar-refractivity contribution in [1.82, 2.24) is 9.88 Å². The smallest absolute Gasteiger partial charge is 0.406 e. The third kappa shape index (κ3) is 6.57. The van der Waals surface area contributed by atoms with Crippen molar-refractivity contribution in [3.63, 3.8) is 0 Å². The first kappa shape index (κ1) is 26.4. The summed E-state index contributed by atoms with van der Waals surface area (Å²) in [4.78, 5) is 11.0. The van der Waals surface area contributed by atoms with Gasteiger partial charge in [0.15, 0.2) is 0 Å². The zero-order valence-electron chi connectivity index (χ0n) is 20.9. The van der Waals surface area contributed by atoms with Crippen molar-refractivity contribution in [2.45, 2.75) is 50.5 Å². The van der Waals surface area contributed by atoms with Crippen molar-refractivity contribution in [3.05, 3.63) is 53.7 Å². The fourth-order valence-corrected chi connectivity index (χ4v) is 4.81. The molecule has 1 aliphatic rings. The van der Waals surface area contributed by atoms with Crippen molar-refractivity contribution in [1.29, 1.82) is 0 Å². The Hall–Kier alpha value is -3.64. The predicted molar refractivity (Wildman–Crippen MR) is 140 cm³/mol. The van der Waals surface area contributed by atoms with E-state index in [0.717, 1.165) is 43.0 Å². The Morgan fingerprint density at radius 3 is 2.51 bits per heavy atom. The lowest BCUT2D eigenvalue weighted by Crippen LogP contribution is -2.34. The molecular weight excluding hydrogens is 481 g/mol. The summed E-state index contributed by atoms with van der Waals surface area (Å²) in [6.45, 7) is -0.935. The second-order valence-electron chi connectivity index (χ2n) is 9.18. The number of ether oxygens (including phenoxy) is 1. The average Bonchev–Trinajstić information content (AvgIpc) is 3.23. The molecule has 1 aliphatic carbocycles. The Bertz CT molecular complexity index is 1300. The second-order valence-corrected chi connectivity index (χ2v) is 9.18. The highest BCUT2D eigenvalue weighted by Crippen LogP contribution is 2.32. The first-order chi connectivity index (χ1) is 17.8. The molecule has 1 fully saturated rings. The monoisotopic (exact) mass is 512 g/mol. The van der Waals surface area contributed by atoms with E-state index in [1.54, 1.807) is 36.4 Å². The molecule has 0 radical (unpaired) electrons. The molecule has 0 saturated heterocycles. The van der Waals surface area contributed by atoms with Crippen LogP contribution in [0, 0.1) is 11.8 Å². The van der Waals surface area contributed by atoms with Gasteiger partial charge in [-0.15, -0.1) is 0 Å². The fraction of sp³-hybridized carbons (Fsp3) is 0.393. The highest BCUT2D eigenvalue weighted by atomic mass is 19.4. The van der Waals surface area contributed by atoms with Crippen LogP contribution in [0.15, 0.2) is 42.5 Å². The van der Waals surface area contributed by atoms with E-state index in [4.69, 9.17) is 4.74 Å². The quantitative estimate of drug-likeness (QED) is 0.277. The van der Waals surface area contributed by atoms with E-state index in [1.165, 1.54) is 11.7 Å². The molecule has 3 N–H and O–H groups in total. The number of nitrogens with zero attached hydrogens (tertiary/aromatic N) is 1. The molecule has 9 heteroatoms. The topological polar surface area (TPSA) is 67.3 Å². The van der Waals surface area contributed by atoms with Crippen LogP contribution in [0.4, 0.5) is 24.5 Å². The number of benzene rings is 2. The summed E-state index contributed by atoms with van der Waals surface area (Å²) in [5, 5.41) is 10.7. The minimum absolute atomic E-state index is 0.185. The number of carbonyl (C=O) groups is 1. The summed E-state index contributed by atoms with van der Waals surface area (Å²) >= 11 is 0. The number of carbonyl (C=O) groups excluding carboxylic acids is 1. The Balaban J connectivity index is 1.58. The van der Waals surface area contributed by atoms with Crippen LogP contribution in [0.5, 0.6) is 5.75 Å². The third-order valence-electron chi connectivity index (χ3n) is 6.72. The highest BCUT2D eigenvalue weighted by molar-refractivity contribution is 5.94. The summed E-state index contributed by atoms with van der Waals surface area (Å²) in [6.07, 6.45) is 0.462. The van der Waals surface area contributed by atoms with Crippen LogP contribution in [-0.4, -0.2) is 49.8 Å². The SMILES string of the molecule is CNC1CCC(Nc2cccc3c2cc(C#CCNc2ccc(C=O)cc2OC)n3CC(F)(F)F)CC1. The molecule has 4 rings (SSSR count). The Morgan fingerprint density at radius 2 is 1.84 bits per heavy atom. The van der Waals surface area contributed by atoms with Gasteiger partial charge in [0, 0.05) is 28.7 Å². The van der Waals surface area contributed by atoms with E-state index in [1.807, 2.05) is 13.1 Å². The van der Waals surface area contributed by atoms with Crippen molar-refractivity contribution < 1.29 is 22.7 Å². The number of fused-ring (bicyclic) bond motifs is 1. The Kier molecular flexibility index (Phi) is 8.29. The minimum atomic E-state index is -4.39. The molecule has 0 atom stereocenters. The molecule has 6 nitrogen and oxygen atoms in total. The zero-order valence-corrected chi connectivity index (χ0v) is 20.9. The zero-order chi connectivity index (χ0) is 26.4. The van der Waals surface area contributed by atoms with Gasteiger partial charge >= 0.3 is 6.18 Å². The van der Waals surface area contributed by atoms with Crippen LogP contribution in [0.3, 0.4) is 0 Å². The van der Waals surface area contributed by atoms with Gasteiger partial charge in [0.2, 0.25) is 0 Å². The summed E-state index contributed by atoms with van der Waals surface area (Å²) in [5.41, 5.74) is 2.73. The van der Waals surface area contributed by atoms with Gasteiger partial charge in [0.25, 0.3) is 0 Å². The number of aromatic nitrogens is 1. The van der Waals surface area contributed by atoms with Gasteiger partial charge in [-0.05, 0) is 75.0 Å². The van der Waals surface area contributed by atoms with Gasteiger partial charge in [0.1, 0.15) is 18.6 Å². The molecule has 1 aromatic heterocycles. The molecule has 0 bridgehead atoms. The molecule has 0 spiro atoms. The predicted octanol–water partition coefficient (Wildman–Crippen LogP) is 5.43. The molecule has 0 amide bonds. The number of rotatable bonds is 8. The van der Waals surface area contributed by atoms with E-state index >= 15 is 0 Å². The number of anilines is 2. The maximum Gasteiger partial charge on any atom is 0.406 e. The lowest BCUT2D eigenvalue weighted by atomic mass is 9.91. The number of methoxy groups -OCH3 is 1. The molecule has 2 aromatic carbocycles. The standard InChI is InChI=1S/C28H31F3N4O2/c1-32-20-9-11-21(12-10-20)34-24-6-3-7-26-23(24)16-22(35(26)18-28(29,30)31)5-4-14-33-25-13-8-19(17-36)15-27(25)37-2/h3,6-8,13,15-17,20-21,32-34H,9-12,14,18H2,1-2H3. The number of alkyl halides is 3. The van der Waals surface area contributed by atoms with E-state index in [9.17, 15) is 18.0 Å². The Labute approximate surface area is 214 Å². The van der Waals surface area contributed by atoms with Crippen molar-refractivity contribution in [3.8, 4) is 17.6 Å². The lowest BCUT2D eigenvalue weighted by molar-refractivity contribution is -0.140. The van der Waals surface area contributed by atoms with E-state index in [2.05, 4.69) is 27.8 Å². The fourth-order valence-electron chi connectivity index (χ4n) is 4.81. The van der Waals surface area contributed by atoms with E-state index in [-0.39, 0.29) is 12.6 Å². The van der Waals surface area contributed by atoms with Crippen LogP contribution in [0.1, 0.15) is 41.7 Å². The molecule has 1 saturated carbocycles. The summed E-state index contributed by atoms with van der Waals surface area (Å²) in [6, 6.07) is 12.9. The minimum Gasteiger partial charge on any atom is -0.495 e. The second kappa shape index (κ2) is 11.6. The van der Waals surface area contributed by atoms with Gasteiger partial charge in [-0.1, -0.05) is 12.0 Å². The third-order valence-corrected chi connectivity index (χ3v) is 6.72. The van der Waals surface area contributed by atoms with Crippen molar-refractivity contribution in [2.75, 3.05) is 31.3 Å². The van der Waals surface area contributed by atoms with Gasteiger partial charge < -0.3 is 25.3 Å². The summed E-state index contributed by atoms with van der Waals surface area (Å²) in [7, 11) is 3.47. The maximum absolute atomic E-state index is 13.5. The number of nitrogens with one attached hydrogen (secondary N) is 3. The normalized spacial score (nSPS) is 17.6. The number of hydrogen-bond donors (Lipinski definition) is 3. The van der Waals surface area contributed by atoms with Crippen molar-refractivity contribution in [2.24, 2.45) is 0 Å². The van der Waals surface area contributed by atoms with Crippen LogP contribution < -0.4 is 20.7 Å². The first-order valence-corrected chi connectivity index (χ1v) is 12.3. The summed E-state index contributed by atoms with van der Waals surface area (Å²) < 4.78 is 47.0. The number of aldehydes is 1. The number of hydrogen-bond acceptors (Lipinski definition) is 5. The van der Waals surface area contributed by atoms with Crippen molar-refractivity contribution >= 4 is 28.6 Å². The molecule has 0 unspecified atom stereocenters. The lowest BCUT2D eigenvalue weighted by Gasteiger charge is -2.29. The average molecular weight is 513 g/mol. The molecule has 1 heterocycles. The van der Waals surface area contributed by atoms with Crippen LogP contribution >= 0.6 is 0 Å². The van der Waals surface area contributed by atoms with E-state index in [0.29, 0.717) is 34.3 Å². The molecule has 3 aromatic rings. The van der Waals surface area contributed by atoms with Gasteiger partial charge in [0.05, 0.1) is 30.6 Å². The van der Waals surface area contributed by atoms with Crippen LogP contribution in [0.25, 0.3) is 10.9 Å². The first-order valence-electron chi connectivity index (χ1n) is 12.3. The van der Waals surface area contributed by atoms with Gasteiger partial charge in [-0.25, -0.2) is 0 Å². The van der Waals surface area contributed by atoms with Crippen LogP contribution in [0.2, 0.25) is 0 Å². The maximum atomic E-state index is 13.5. The molecular formula is C28H31F3N4O2. The largest absolute Gasteiger partial charge is 0.495 e. The molecule has 196 valence electrons. The van der Waals surface area contributed by atoms with Gasteiger partial charge in [-0.2, -0.15) is 13.2 Å². The van der Waals surface area contributed by atoms with E-state index < -0.39 is 12.7 Å². The molecule has 0 aliphatic heterocycles. The molecule has 37 heavy (non-hydrogen) atoms. The van der Waals surface area contributed by atoms with Crippen LogP contribution in [-0.2, 0) is 6.54 Å².